The minimum absolute atomic E-state index is 0.0415. The summed E-state index contributed by atoms with van der Waals surface area (Å²) in [5.74, 6) is 0. The van der Waals surface area contributed by atoms with E-state index in [1.807, 2.05) is 84.9 Å². The third kappa shape index (κ3) is 3.85. The molecule has 0 aliphatic rings. The molecule has 0 heterocycles. The molecule has 0 saturated carbocycles. The van der Waals surface area contributed by atoms with E-state index in [9.17, 15) is 2.74 Å². The quantitative estimate of drug-likeness (QED) is 0.207. The molecule has 0 atom stereocenters. The van der Waals surface area contributed by atoms with Crippen LogP contribution in [0.3, 0.4) is 0 Å². The van der Waals surface area contributed by atoms with Gasteiger partial charge in [-0.05, 0) is 107 Å². The molecule has 186 valence electrons. The first-order valence-corrected chi connectivity index (χ1v) is 13.5. The largest absolute Gasteiger partial charge is 0.0629 e. The van der Waals surface area contributed by atoms with Crippen molar-refractivity contribution in [1.82, 2.24) is 0 Å². The van der Waals surface area contributed by atoms with Crippen molar-refractivity contribution < 1.29 is 5.48 Å². The molecule has 0 saturated heterocycles. The maximum atomic E-state index is 9.18. The van der Waals surface area contributed by atoms with Gasteiger partial charge in [-0.25, -0.2) is 0 Å². The first kappa shape index (κ1) is 19.0. The minimum atomic E-state index is -0.0460. The summed E-state index contributed by atoms with van der Waals surface area (Å²) in [4.78, 5) is 0. The topological polar surface area (TPSA) is 0 Å². The Balaban J connectivity index is 1.34. The van der Waals surface area contributed by atoms with Crippen LogP contribution in [-0.4, -0.2) is 0 Å². The first-order chi connectivity index (χ1) is 21.5. The standard InChI is InChI=1S/C40H26/c1-3-8-27(9-4-1)36-24-37(28-10-5-2-6-11-28)26-38(25-36)30-16-14-29(15-17-30)35-22-33-20-18-31-12-7-13-32-19-21-34(23-35)40(33)39(31)32/h1-26H/i14D,15D,16D,17D. The second-order valence-electron chi connectivity index (χ2n) is 10.3. The Morgan fingerprint density at radius 1 is 0.275 bits per heavy atom. The molecule has 8 rings (SSSR count). The lowest BCUT2D eigenvalue weighted by atomic mass is 9.90. The van der Waals surface area contributed by atoms with Gasteiger partial charge < -0.3 is 0 Å². The molecule has 0 radical (unpaired) electrons. The van der Waals surface area contributed by atoms with Crippen LogP contribution in [0.4, 0.5) is 0 Å². The predicted octanol–water partition coefficient (Wildman–Crippen LogP) is 11.3. The molecule has 0 fully saturated rings. The third-order valence-electron chi connectivity index (χ3n) is 7.81. The van der Waals surface area contributed by atoms with Crippen molar-refractivity contribution in [2.24, 2.45) is 0 Å². The van der Waals surface area contributed by atoms with E-state index in [4.69, 9.17) is 2.74 Å². The van der Waals surface area contributed by atoms with Gasteiger partial charge in [0.15, 0.2) is 0 Å². The summed E-state index contributed by atoms with van der Waals surface area (Å²) in [6.07, 6.45) is 0. The summed E-state index contributed by atoms with van der Waals surface area (Å²) in [5, 5.41) is 6.75. The molecule has 0 nitrogen and oxygen atoms in total. The summed E-state index contributed by atoms with van der Waals surface area (Å²) in [6, 6.07) is 44.6. The van der Waals surface area contributed by atoms with E-state index in [0.29, 0.717) is 22.3 Å². The van der Waals surface area contributed by atoms with E-state index in [-0.39, 0.29) is 24.2 Å². The van der Waals surface area contributed by atoms with Crippen molar-refractivity contribution in [2.45, 2.75) is 0 Å². The van der Waals surface area contributed by atoms with E-state index in [2.05, 4.69) is 48.5 Å². The van der Waals surface area contributed by atoms with Crippen LogP contribution in [0.2, 0.25) is 0 Å². The molecule has 0 N–H and O–H groups in total. The molecule has 0 unspecified atom stereocenters. The molecule has 0 aliphatic heterocycles. The molecule has 8 aromatic rings. The van der Waals surface area contributed by atoms with Crippen LogP contribution in [0.5, 0.6) is 0 Å². The maximum absolute atomic E-state index is 9.18. The Morgan fingerprint density at radius 2 is 0.650 bits per heavy atom. The molecule has 40 heavy (non-hydrogen) atoms. The van der Waals surface area contributed by atoms with Crippen molar-refractivity contribution in [2.75, 3.05) is 0 Å². The highest BCUT2D eigenvalue weighted by Crippen LogP contribution is 2.38. The summed E-state index contributed by atoms with van der Waals surface area (Å²) >= 11 is 0. The van der Waals surface area contributed by atoms with Crippen molar-refractivity contribution in [1.29, 1.82) is 0 Å². The zero-order chi connectivity index (χ0) is 29.9. The van der Waals surface area contributed by atoms with Crippen molar-refractivity contribution >= 4 is 32.3 Å². The van der Waals surface area contributed by atoms with Crippen molar-refractivity contribution in [3.8, 4) is 44.5 Å². The number of hydrogen-bond donors (Lipinski definition) is 0. The van der Waals surface area contributed by atoms with Crippen LogP contribution in [0.25, 0.3) is 76.8 Å². The van der Waals surface area contributed by atoms with Crippen LogP contribution in [0.15, 0.2) is 158 Å². The minimum Gasteiger partial charge on any atom is -0.0622 e. The van der Waals surface area contributed by atoms with E-state index in [1.165, 1.54) is 16.2 Å². The number of rotatable bonds is 4. The van der Waals surface area contributed by atoms with Crippen molar-refractivity contribution in [3.05, 3.63) is 158 Å². The highest BCUT2D eigenvalue weighted by molar-refractivity contribution is 6.23. The van der Waals surface area contributed by atoms with Gasteiger partial charge in [-0.1, -0.05) is 127 Å². The van der Waals surface area contributed by atoms with Crippen molar-refractivity contribution in [3.63, 3.8) is 0 Å². The van der Waals surface area contributed by atoms with E-state index >= 15 is 0 Å². The smallest absolute Gasteiger partial charge is 0.0622 e. The molecular formula is C40H26. The predicted molar refractivity (Wildman–Crippen MR) is 172 cm³/mol. The average Bonchev–Trinajstić information content (AvgIpc) is 3.07. The molecule has 0 bridgehead atoms. The van der Waals surface area contributed by atoms with Gasteiger partial charge in [0.05, 0.1) is 5.48 Å². The second kappa shape index (κ2) is 9.22. The highest BCUT2D eigenvalue weighted by Gasteiger charge is 2.11. The monoisotopic (exact) mass is 510 g/mol. The molecule has 0 spiro atoms. The molecule has 0 amide bonds. The zero-order valence-electron chi connectivity index (χ0n) is 25.7. The van der Waals surface area contributed by atoms with Gasteiger partial charge >= 0.3 is 0 Å². The molecule has 0 aromatic heterocycles. The SMILES string of the molecule is [2H]c1c([2H])c(-c2cc3ccc4cccc5ccc(c2)c3c45)c([2H])c([2H])c1-c1cc(-c2ccccc2)cc(-c2ccccc2)c1. The van der Waals surface area contributed by atoms with E-state index in [0.717, 1.165) is 38.4 Å². The normalized spacial score (nSPS) is 12.9. The van der Waals surface area contributed by atoms with Gasteiger partial charge in [0.25, 0.3) is 0 Å². The number of hydrogen-bond acceptors (Lipinski definition) is 0. The van der Waals surface area contributed by atoms with Crippen LogP contribution in [0.1, 0.15) is 5.48 Å². The highest BCUT2D eigenvalue weighted by atomic mass is 14.2. The summed E-state index contributed by atoms with van der Waals surface area (Å²) in [6.45, 7) is 0. The Kier molecular flexibility index (Phi) is 4.37. The Hall–Kier alpha value is -5.20. The zero-order valence-corrected chi connectivity index (χ0v) is 21.7. The van der Waals surface area contributed by atoms with Crippen LogP contribution in [-0.2, 0) is 0 Å². The van der Waals surface area contributed by atoms with Gasteiger partial charge in [0, 0.05) is 0 Å². The number of benzene rings is 8. The molecule has 8 aromatic carbocycles. The van der Waals surface area contributed by atoms with Gasteiger partial charge in [-0.2, -0.15) is 0 Å². The Bertz CT molecular complexity index is 2210. The fourth-order valence-corrected chi connectivity index (χ4v) is 5.87. The molecule has 0 aliphatic carbocycles. The third-order valence-corrected chi connectivity index (χ3v) is 7.81. The van der Waals surface area contributed by atoms with Crippen LogP contribution >= 0.6 is 0 Å². The lowest BCUT2D eigenvalue weighted by Crippen LogP contribution is -1.87. The van der Waals surface area contributed by atoms with Gasteiger partial charge in [0.1, 0.15) is 0 Å². The van der Waals surface area contributed by atoms with Gasteiger partial charge in [-0.3, -0.25) is 0 Å². The maximum Gasteiger partial charge on any atom is 0.0629 e. The van der Waals surface area contributed by atoms with E-state index in [1.54, 1.807) is 0 Å². The van der Waals surface area contributed by atoms with Gasteiger partial charge in [0.2, 0.25) is 0 Å². The molecule has 0 heteroatoms. The van der Waals surface area contributed by atoms with Crippen LogP contribution in [0, 0.1) is 0 Å². The van der Waals surface area contributed by atoms with Crippen LogP contribution < -0.4 is 0 Å². The fraction of sp³-hybridized carbons (Fsp3) is 0. The Morgan fingerprint density at radius 3 is 1.12 bits per heavy atom. The lowest BCUT2D eigenvalue weighted by Gasteiger charge is -2.14. The fourth-order valence-electron chi connectivity index (χ4n) is 5.87. The lowest BCUT2D eigenvalue weighted by molar-refractivity contribution is 1.56. The van der Waals surface area contributed by atoms with E-state index < -0.39 is 0 Å². The molecular weight excluding hydrogens is 480 g/mol. The average molecular weight is 511 g/mol. The summed E-state index contributed by atoms with van der Waals surface area (Å²) in [5.41, 5.74) is 5.91. The first-order valence-electron chi connectivity index (χ1n) is 15.5. The second-order valence-corrected chi connectivity index (χ2v) is 10.3. The van der Waals surface area contributed by atoms with Gasteiger partial charge in [-0.15, -0.1) is 0 Å². The summed E-state index contributed by atoms with van der Waals surface area (Å²) in [7, 11) is 0. The summed E-state index contributed by atoms with van der Waals surface area (Å²) < 4.78 is 36.7. The Labute approximate surface area is 239 Å².